The van der Waals surface area contributed by atoms with Gasteiger partial charge >= 0.3 is 0 Å². The summed E-state index contributed by atoms with van der Waals surface area (Å²) in [7, 11) is 3.68. The Kier molecular flexibility index (Phi) is 8.18. The average molecular weight is 318 g/mol. The molecular weight excluding hydrogens is 295 g/mol. The van der Waals surface area contributed by atoms with Crippen LogP contribution in [0.25, 0.3) is 0 Å². The summed E-state index contributed by atoms with van der Waals surface area (Å²) in [6.45, 7) is 3.35. The zero-order valence-corrected chi connectivity index (χ0v) is 13.7. The molecule has 0 radical (unpaired) electrons. The highest BCUT2D eigenvalue weighted by atomic mass is 19.1. The average Bonchev–Trinajstić information content (AvgIpc) is 2.53. The van der Waals surface area contributed by atoms with Gasteiger partial charge in [-0.25, -0.2) is 9.38 Å². The molecule has 0 aromatic heterocycles. The minimum absolute atomic E-state index is 0.0120. The van der Waals surface area contributed by atoms with Crippen LogP contribution in [0.2, 0.25) is 0 Å². The molecule has 6 nitrogen and oxygen atoms in total. The number of hydrogen-bond acceptors (Lipinski definition) is 5. The lowest BCUT2D eigenvalue weighted by Gasteiger charge is -2.22. The summed E-state index contributed by atoms with van der Waals surface area (Å²) in [4.78, 5) is 4.31. The van der Waals surface area contributed by atoms with Crippen LogP contribution in [0, 0.1) is 17.1 Å². The van der Waals surface area contributed by atoms with Crippen molar-refractivity contribution in [2.24, 2.45) is 4.99 Å². The molecule has 0 saturated carbocycles. The summed E-state index contributed by atoms with van der Waals surface area (Å²) in [6.07, 6.45) is 4.26. The van der Waals surface area contributed by atoms with Gasteiger partial charge in [0.05, 0.1) is 11.4 Å². The van der Waals surface area contributed by atoms with Crippen LogP contribution in [0.1, 0.15) is 18.9 Å². The van der Waals surface area contributed by atoms with Crippen molar-refractivity contribution in [3.8, 4) is 6.07 Å². The van der Waals surface area contributed by atoms with Crippen LogP contribution < -0.4 is 16.1 Å². The van der Waals surface area contributed by atoms with E-state index >= 15 is 0 Å². The van der Waals surface area contributed by atoms with E-state index in [1.807, 2.05) is 20.0 Å². The van der Waals surface area contributed by atoms with E-state index in [-0.39, 0.29) is 5.56 Å². The summed E-state index contributed by atoms with van der Waals surface area (Å²) in [6, 6.07) is 6.37. The Morgan fingerprint density at radius 2 is 2.22 bits per heavy atom. The lowest BCUT2D eigenvalue weighted by molar-refractivity contribution is 0.485. The number of nitriles is 1. The number of benzene rings is 1. The van der Waals surface area contributed by atoms with Crippen LogP contribution in [0.5, 0.6) is 0 Å². The minimum atomic E-state index is -0.545. The molecule has 0 bridgehead atoms. The van der Waals surface area contributed by atoms with Crippen LogP contribution >= 0.6 is 0 Å². The first-order valence-corrected chi connectivity index (χ1v) is 7.37. The molecule has 0 spiro atoms. The highest BCUT2D eigenvalue weighted by Crippen LogP contribution is 2.18. The van der Waals surface area contributed by atoms with Gasteiger partial charge in [-0.3, -0.25) is 10.4 Å². The third-order valence-electron chi connectivity index (χ3n) is 2.97. The lowest BCUT2D eigenvalue weighted by atomic mass is 10.2. The molecule has 7 heteroatoms. The van der Waals surface area contributed by atoms with Gasteiger partial charge < -0.3 is 10.6 Å². The second-order valence-corrected chi connectivity index (χ2v) is 4.86. The van der Waals surface area contributed by atoms with Crippen LogP contribution in [0.4, 0.5) is 10.1 Å². The van der Waals surface area contributed by atoms with Crippen LogP contribution in [-0.2, 0) is 0 Å². The molecule has 0 atom stereocenters. The summed E-state index contributed by atoms with van der Waals surface area (Å²) in [5, 5.41) is 16.8. The van der Waals surface area contributed by atoms with E-state index in [2.05, 4.69) is 21.1 Å². The highest BCUT2D eigenvalue weighted by Gasteiger charge is 2.09. The van der Waals surface area contributed by atoms with E-state index in [1.54, 1.807) is 36.7 Å². The number of rotatable bonds is 9. The van der Waals surface area contributed by atoms with E-state index in [1.165, 1.54) is 6.07 Å². The van der Waals surface area contributed by atoms with Gasteiger partial charge in [0.2, 0.25) is 0 Å². The first-order valence-electron chi connectivity index (χ1n) is 7.37. The molecule has 0 aliphatic rings. The maximum atomic E-state index is 13.7. The maximum absolute atomic E-state index is 13.7. The third-order valence-corrected chi connectivity index (χ3v) is 2.97. The van der Waals surface area contributed by atoms with Gasteiger partial charge in [0.15, 0.2) is 0 Å². The number of aliphatic imine (C=N–C) groups is 1. The van der Waals surface area contributed by atoms with Gasteiger partial charge in [0, 0.05) is 19.8 Å². The van der Waals surface area contributed by atoms with Gasteiger partial charge in [-0.1, -0.05) is 6.07 Å². The third kappa shape index (κ3) is 6.36. The molecule has 0 fully saturated rings. The van der Waals surface area contributed by atoms with Gasteiger partial charge in [0.1, 0.15) is 23.8 Å². The Balaban J connectivity index is 2.90. The van der Waals surface area contributed by atoms with Crippen molar-refractivity contribution < 1.29 is 4.39 Å². The van der Waals surface area contributed by atoms with Crippen molar-refractivity contribution in [2.45, 2.75) is 13.3 Å². The molecule has 0 aliphatic heterocycles. The fourth-order valence-corrected chi connectivity index (χ4v) is 1.86. The smallest absolute Gasteiger partial charge is 0.143 e. The minimum Gasteiger partial charge on any atom is -0.393 e. The summed E-state index contributed by atoms with van der Waals surface area (Å²) >= 11 is 0. The standard InChI is InChI=1S/C16H23FN6/c1-13(11-20-3)21-12-23(9-5-8-19-2)22-16-7-4-6-15(17)14(16)10-18/h4,6-7,11-12,19-20,22H,5,8-9H2,1-3H3/b13-11+,21-12-. The molecule has 124 valence electrons. The van der Waals surface area contributed by atoms with E-state index < -0.39 is 5.82 Å². The maximum Gasteiger partial charge on any atom is 0.143 e. The van der Waals surface area contributed by atoms with Crippen LogP contribution in [0.15, 0.2) is 35.1 Å². The largest absolute Gasteiger partial charge is 0.393 e. The van der Waals surface area contributed by atoms with Gasteiger partial charge in [0.25, 0.3) is 0 Å². The summed E-state index contributed by atoms with van der Waals surface area (Å²) in [5.74, 6) is -0.545. The van der Waals surface area contributed by atoms with Crippen molar-refractivity contribution in [1.29, 1.82) is 5.26 Å². The first kappa shape index (κ1) is 18.5. The Bertz CT molecular complexity index is 591. The molecule has 23 heavy (non-hydrogen) atoms. The molecule has 0 amide bonds. The van der Waals surface area contributed by atoms with Gasteiger partial charge in [-0.05, 0) is 39.1 Å². The predicted molar refractivity (Wildman–Crippen MR) is 91.3 cm³/mol. The highest BCUT2D eigenvalue weighted by molar-refractivity contribution is 5.64. The molecule has 0 heterocycles. The van der Waals surface area contributed by atoms with Crippen molar-refractivity contribution in [2.75, 3.05) is 32.6 Å². The van der Waals surface area contributed by atoms with Crippen molar-refractivity contribution in [1.82, 2.24) is 15.6 Å². The Morgan fingerprint density at radius 1 is 1.43 bits per heavy atom. The van der Waals surface area contributed by atoms with Crippen LogP contribution in [-0.4, -0.2) is 38.5 Å². The number of anilines is 1. The molecule has 0 aliphatic carbocycles. The second-order valence-electron chi connectivity index (χ2n) is 4.86. The first-order chi connectivity index (χ1) is 11.1. The van der Waals surface area contributed by atoms with E-state index in [9.17, 15) is 4.39 Å². The number of allylic oxidation sites excluding steroid dienone is 1. The summed E-state index contributed by atoms with van der Waals surface area (Å²) < 4.78 is 13.7. The quantitative estimate of drug-likeness (QED) is 0.281. The second kappa shape index (κ2) is 10.2. The zero-order valence-electron chi connectivity index (χ0n) is 13.7. The molecule has 3 N–H and O–H groups in total. The Hall–Kier alpha value is -2.59. The Morgan fingerprint density at radius 3 is 2.87 bits per heavy atom. The monoisotopic (exact) mass is 318 g/mol. The van der Waals surface area contributed by atoms with E-state index in [4.69, 9.17) is 5.26 Å². The van der Waals surface area contributed by atoms with Crippen molar-refractivity contribution in [3.05, 3.63) is 41.5 Å². The molecular formula is C16H23FN6. The lowest BCUT2D eigenvalue weighted by Crippen LogP contribution is -2.31. The fraction of sp³-hybridized carbons (Fsp3) is 0.375. The number of nitrogens with one attached hydrogen (secondary N) is 3. The normalized spacial score (nSPS) is 11.3. The van der Waals surface area contributed by atoms with E-state index in [0.717, 1.165) is 18.7 Å². The topological polar surface area (TPSA) is 75.5 Å². The molecule has 1 rings (SSSR count). The van der Waals surface area contributed by atoms with E-state index in [0.29, 0.717) is 12.2 Å². The van der Waals surface area contributed by atoms with Crippen molar-refractivity contribution in [3.63, 3.8) is 0 Å². The Labute approximate surface area is 136 Å². The number of hydrogen-bond donors (Lipinski definition) is 3. The predicted octanol–water partition coefficient (Wildman–Crippen LogP) is 2.04. The van der Waals surface area contributed by atoms with Crippen LogP contribution in [0.3, 0.4) is 0 Å². The fourth-order valence-electron chi connectivity index (χ4n) is 1.86. The number of hydrazine groups is 1. The van der Waals surface area contributed by atoms with Crippen molar-refractivity contribution >= 4 is 12.0 Å². The van der Waals surface area contributed by atoms with Gasteiger partial charge in [-0.2, -0.15) is 5.26 Å². The summed E-state index contributed by atoms with van der Waals surface area (Å²) in [5.41, 5.74) is 4.24. The SMILES string of the molecule is CN/C=C(C)/N=C\N(CCCNC)Nc1cccc(F)c1C#N. The number of nitrogens with zero attached hydrogens (tertiary/aromatic N) is 3. The number of halogens is 1. The molecule has 1 aromatic carbocycles. The van der Waals surface area contributed by atoms with Gasteiger partial charge in [-0.15, -0.1) is 0 Å². The molecule has 1 aromatic rings. The molecule has 0 saturated heterocycles. The zero-order chi connectivity index (χ0) is 17.1. The molecule has 0 unspecified atom stereocenters.